The van der Waals surface area contributed by atoms with Crippen LogP contribution in [-0.4, -0.2) is 64.7 Å². The molecule has 0 N–H and O–H groups in total. The summed E-state index contributed by atoms with van der Waals surface area (Å²) in [7, 11) is 3.07. The van der Waals surface area contributed by atoms with Crippen molar-refractivity contribution in [3.05, 3.63) is 0 Å². The summed E-state index contributed by atoms with van der Waals surface area (Å²) in [5.74, 6) is 0.921. The van der Waals surface area contributed by atoms with E-state index in [0.29, 0.717) is 25.2 Å². The smallest absolute Gasteiger partial charge is 0.269 e. The van der Waals surface area contributed by atoms with Gasteiger partial charge in [0.15, 0.2) is 0 Å². The molecule has 7 nitrogen and oxygen atoms in total. The second kappa shape index (κ2) is 4.80. The first-order valence-electron chi connectivity index (χ1n) is 6.16. The number of imide groups is 1. The van der Waals surface area contributed by atoms with Crippen LogP contribution in [0.4, 0.5) is 4.79 Å². The molecule has 2 rings (SSSR count). The number of nitrogens with zero attached hydrogens (tertiary/aromatic N) is 5. The van der Waals surface area contributed by atoms with E-state index in [9.17, 15) is 9.59 Å². The van der Waals surface area contributed by atoms with E-state index < -0.39 is 6.04 Å². The first kappa shape index (κ1) is 13.2. The lowest BCUT2D eigenvalue weighted by Crippen LogP contribution is -2.61. The van der Waals surface area contributed by atoms with Gasteiger partial charge in [0.2, 0.25) is 0 Å². The zero-order valence-electron chi connectivity index (χ0n) is 11.3. The third kappa shape index (κ3) is 1.89. The van der Waals surface area contributed by atoms with Gasteiger partial charge in [-0.15, -0.1) is 0 Å². The number of likely N-dealkylation sites (N-methyl/N-ethyl adjacent to an activating group) is 2. The minimum absolute atomic E-state index is 0.289. The third-order valence-corrected chi connectivity index (χ3v) is 3.39. The molecule has 7 heteroatoms. The van der Waals surface area contributed by atoms with Crippen molar-refractivity contribution >= 4 is 23.6 Å². The summed E-state index contributed by atoms with van der Waals surface area (Å²) < 4.78 is 1.82. The summed E-state index contributed by atoms with van der Waals surface area (Å²) in [6, 6.07) is 1.12. The summed E-state index contributed by atoms with van der Waals surface area (Å²) in [5, 5.41) is 8.71. The maximum Gasteiger partial charge on any atom is 0.333 e. The molecular formula is C12H16N5O2+. The summed E-state index contributed by atoms with van der Waals surface area (Å²) in [5.41, 5.74) is 0. The van der Waals surface area contributed by atoms with Crippen molar-refractivity contribution in [2.45, 2.75) is 25.8 Å². The fourth-order valence-corrected chi connectivity index (χ4v) is 2.36. The molecule has 0 aliphatic carbocycles. The Morgan fingerprint density at radius 3 is 2.63 bits per heavy atom. The molecule has 0 aromatic carbocycles. The van der Waals surface area contributed by atoms with E-state index in [1.807, 2.05) is 11.5 Å². The van der Waals surface area contributed by atoms with Gasteiger partial charge in [0.1, 0.15) is 0 Å². The zero-order valence-corrected chi connectivity index (χ0v) is 11.3. The van der Waals surface area contributed by atoms with Crippen LogP contribution < -0.4 is 0 Å². The topological polar surface area (TPSA) is 79.8 Å². The summed E-state index contributed by atoms with van der Waals surface area (Å²) in [6.45, 7) is 2.38. The van der Waals surface area contributed by atoms with Crippen LogP contribution in [0.5, 0.6) is 0 Å². The van der Waals surface area contributed by atoms with Gasteiger partial charge in [-0.3, -0.25) is 14.6 Å². The Hall–Kier alpha value is -2.23. The van der Waals surface area contributed by atoms with E-state index in [1.165, 1.54) is 11.9 Å². The van der Waals surface area contributed by atoms with E-state index in [1.54, 1.807) is 7.05 Å². The maximum absolute atomic E-state index is 12.3. The first-order valence-corrected chi connectivity index (χ1v) is 6.16. The minimum Gasteiger partial charge on any atom is -0.269 e. The van der Waals surface area contributed by atoms with Crippen molar-refractivity contribution in [1.29, 1.82) is 5.26 Å². The Labute approximate surface area is 111 Å². The predicted molar refractivity (Wildman–Crippen MR) is 67.8 cm³/mol. The number of amides is 3. The van der Waals surface area contributed by atoms with Crippen LogP contribution in [0.2, 0.25) is 0 Å². The van der Waals surface area contributed by atoms with Gasteiger partial charge in [0, 0.05) is 14.1 Å². The highest BCUT2D eigenvalue weighted by Gasteiger charge is 2.52. The van der Waals surface area contributed by atoms with Gasteiger partial charge in [0.05, 0.1) is 25.5 Å². The third-order valence-electron chi connectivity index (χ3n) is 3.39. The van der Waals surface area contributed by atoms with Crippen molar-refractivity contribution in [3.8, 4) is 6.07 Å². The van der Waals surface area contributed by atoms with Gasteiger partial charge in [-0.1, -0.05) is 6.92 Å². The van der Waals surface area contributed by atoms with Gasteiger partial charge in [-0.2, -0.15) is 5.26 Å². The van der Waals surface area contributed by atoms with Crippen molar-refractivity contribution in [1.82, 2.24) is 9.80 Å². The number of fused-ring (bicyclic) bond motifs is 1. The maximum atomic E-state index is 12.3. The second-order valence-electron chi connectivity index (χ2n) is 4.48. The lowest BCUT2D eigenvalue weighted by atomic mass is 10.1. The summed E-state index contributed by atoms with van der Waals surface area (Å²) in [6.07, 6.45) is 0.974. The van der Waals surface area contributed by atoms with E-state index in [4.69, 9.17) is 5.26 Å². The fourth-order valence-electron chi connectivity index (χ4n) is 2.36. The normalized spacial score (nSPS) is 22.6. The average Bonchev–Trinajstić information content (AvgIpc) is 2.79. The molecule has 100 valence electrons. The Balaban J connectivity index is 2.41. The molecule has 1 fully saturated rings. The molecule has 0 aromatic rings. The summed E-state index contributed by atoms with van der Waals surface area (Å²) >= 11 is 0. The van der Waals surface area contributed by atoms with E-state index in [2.05, 4.69) is 11.1 Å². The van der Waals surface area contributed by atoms with Crippen LogP contribution in [0.3, 0.4) is 0 Å². The van der Waals surface area contributed by atoms with Crippen LogP contribution in [0, 0.1) is 11.3 Å². The SMILES string of the molecule is CCC1=[N+](CCC#N)C2C(=O)N(C)C(=O)N(C)C2=N1. The molecule has 1 atom stereocenters. The molecule has 0 bridgehead atoms. The molecule has 0 radical (unpaired) electrons. The van der Waals surface area contributed by atoms with Crippen molar-refractivity contribution in [3.63, 3.8) is 0 Å². The highest BCUT2D eigenvalue weighted by molar-refractivity contribution is 6.22. The van der Waals surface area contributed by atoms with Crippen LogP contribution in [0.1, 0.15) is 19.8 Å². The molecule has 0 spiro atoms. The number of carbonyl (C=O) groups is 2. The van der Waals surface area contributed by atoms with Crippen molar-refractivity contribution < 1.29 is 14.2 Å². The molecular weight excluding hydrogens is 246 g/mol. The Bertz CT molecular complexity index is 543. The number of carbonyl (C=O) groups excluding carboxylic acids is 2. The molecule has 1 saturated heterocycles. The van der Waals surface area contributed by atoms with Gasteiger partial charge >= 0.3 is 6.03 Å². The lowest BCUT2D eigenvalue weighted by molar-refractivity contribution is -0.535. The van der Waals surface area contributed by atoms with Crippen LogP contribution >= 0.6 is 0 Å². The van der Waals surface area contributed by atoms with Crippen LogP contribution in [-0.2, 0) is 4.79 Å². The molecule has 3 amide bonds. The van der Waals surface area contributed by atoms with Gasteiger partial charge < -0.3 is 0 Å². The number of hydrogen-bond donors (Lipinski definition) is 0. The van der Waals surface area contributed by atoms with E-state index in [-0.39, 0.29) is 11.9 Å². The standard InChI is InChI=1S/C12H16N5O2/c1-4-8-14-10-9(17(8)7-5-6-13)11(18)16(3)12(19)15(10)2/h9H,4-5,7H2,1-3H3/q+1. The molecule has 2 aliphatic rings. The number of urea groups is 1. The molecule has 19 heavy (non-hydrogen) atoms. The highest BCUT2D eigenvalue weighted by atomic mass is 16.2. The van der Waals surface area contributed by atoms with Gasteiger partial charge in [-0.05, 0) is 4.99 Å². The van der Waals surface area contributed by atoms with E-state index >= 15 is 0 Å². The molecule has 2 heterocycles. The molecule has 1 unspecified atom stereocenters. The van der Waals surface area contributed by atoms with Crippen molar-refractivity contribution in [2.75, 3.05) is 20.6 Å². The monoisotopic (exact) mass is 262 g/mol. The van der Waals surface area contributed by atoms with Crippen LogP contribution in [0.15, 0.2) is 4.99 Å². The number of rotatable bonds is 3. The molecule has 2 aliphatic heterocycles. The predicted octanol–water partition coefficient (Wildman–Crippen LogP) is 0.0256. The number of hydrogen-bond acceptors (Lipinski definition) is 4. The minimum atomic E-state index is -0.573. The van der Waals surface area contributed by atoms with Crippen molar-refractivity contribution in [2.24, 2.45) is 4.99 Å². The van der Waals surface area contributed by atoms with Crippen LogP contribution in [0.25, 0.3) is 0 Å². The van der Waals surface area contributed by atoms with Gasteiger partial charge in [0.25, 0.3) is 23.6 Å². The van der Waals surface area contributed by atoms with Gasteiger partial charge in [-0.25, -0.2) is 9.37 Å². The highest BCUT2D eigenvalue weighted by Crippen LogP contribution is 2.19. The molecule has 0 aromatic heterocycles. The number of nitriles is 1. The Morgan fingerprint density at radius 2 is 2.05 bits per heavy atom. The average molecular weight is 262 g/mol. The van der Waals surface area contributed by atoms with E-state index in [0.717, 1.165) is 10.7 Å². The fraction of sp³-hybridized carbons (Fsp3) is 0.583. The zero-order chi connectivity index (χ0) is 14.2. The number of aliphatic imine (C=N–C) groups is 1. The number of amidine groups is 2. The Morgan fingerprint density at radius 1 is 1.37 bits per heavy atom. The summed E-state index contributed by atoms with van der Waals surface area (Å²) in [4.78, 5) is 31.0. The Kier molecular flexibility index (Phi) is 3.34. The first-order chi connectivity index (χ1) is 9.02. The lowest BCUT2D eigenvalue weighted by Gasteiger charge is -2.30. The quantitative estimate of drug-likeness (QED) is 0.673. The molecule has 0 saturated carbocycles. The largest absolute Gasteiger partial charge is 0.333 e. The second-order valence-corrected chi connectivity index (χ2v) is 4.48.